The van der Waals surface area contributed by atoms with E-state index in [1.807, 2.05) is 41.6 Å². The lowest BCUT2D eigenvalue weighted by Crippen LogP contribution is -2.65. The molecule has 4 aliphatic heterocycles. The molecule has 6 aliphatic rings. The van der Waals surface area contributed by atoms with Gasteiger partial charge in [-0.2, -0.15) is 5.48 Å². The maximum atomic E-state index is 14.5. The van der Waals surface area contributed by atoms with E-state index in [-0.39, 0.29) is 77.0 Å². The number of pyridine rings is 1. The molecule has 482 valence electrons. The van der Waals surface area contributed by atoms with Crippen LogP contribution in [0.4, 0.5) is 4.79 Å². The SMILES string of the molecule is CCN[C@H]1CO[C@@H](O[C@H]2[C@H](O[C@H]3C#CC=CC#C[C@]4(O)CC(=O)C(NC(=O)OC)=C3/C4=C\CSSc3ccccn3)O[C@H](C)[C@@H](NO[C@H]3C[C@H](O)[C@H](SC(=O)c4c(C)c(I)c(O[C@@H]5O[C@@H](C)[C@H](O)[C@@H](OC)[C@H]5O)c(OC)c4OC)[C@@H](C)O3)[C@@H]2O)C[C@@H]1OC. The topological polar surface area (TPSA) is 321 Å². The first-order valence-corrected chi connectivity index (χ1v) is 32.6. The minimum absolute atomic E-state index is 0.0231. The summed E-state index contributed by atoms with van der Waals surface area (Å²) in [6, 6.07) is 4.20. The number of halogens is 1. The lowest BCUT2D eigenvalue weighted by atomic mass is 9.75. The number of rotatable bonds is 22. The van der Waals surface area contributed by atoms with Gasteiger partial charge < -0.3 is 87.7 Å². The zero-order valence-electron chi connectivity index (χ0n) is 50.0. The number of likely N-dealkylation sites (N-methyl/N-ethyl adjacent to an activating group) is 1. The van der Waals surface area contributed by atoms with E-state index < -0.39 is 127 Å². The molecule has 4 saturated heterocycles. The van der Waals surface area contributed by atoms with Crippen molar-refractivity contribution in [2.75, 3.05) is 54.5 Å². The van der Waals surface area contributed by atoms with E-state index in [1.165, 1.54) is 55.1 Å². The molecule has 0 spiro atoms. The number of hydroxylamine groups is 1. The van der Waals surface area contributed by atoms with Crippen LogP contribution in [0.15, 0.2) is 64.5 Å². The number of amides is 1. The predicted octanol–water partition coefficient (Wildman–Crippen LogP) is 3.37. The van der Waals surface area contributed by atoms with Gasteiger partial charge in [-0.1, -0.05) is 65.3 Å². The van der Waals surface area contributed by atoms with Crippen molar-refractivity contribution in [1.82, 2.24) is 21.1 Å². The number of hydrogen-bond donors (Lipinski definition) is 8. The fourth-order valence-electron chi connectivity index (χ4n) is 10.9. The molecule has 2 aromatic rings. The normalized spacial score (nSPS) is 34.4. The first kappa shape index (κ1) is 69.7. The number of carbonyl (C=O) groups is 3. The summed E-state index contributed by atoms with van der Waals surface area (Å²) in [5.41, 5.74) is 1.15. The van der Waals surface area contributed by atoms with Crippen molar-refractivity contribution in [2.45, 2.75) is 174 Å². The number of nitrogens with zero attached hydrogens (tertiary/aromatic N) is 1. The fourth-order valence-corrected chi connectivity index (χ4v) is 14.4. The Bertz CT molecular complexity index is 3010. The first-order chi connectivity index (χ1) is 42.2. The maximum Gasteiger partial charge on any atom is 0.411 e. The Morgan fingerprint density at radius 1 is 0.886 bits per heavy atom. The molecule has 8 rings (SSSR count). The Hall–Kier alpha value is -4.14. The molecule has 2 bridgehead atoms. The van der Waals surface area contributed by atoms with Crippen LogP contribution < -0.4 is 30.3 Å². The summed E-state index contributed by atoms with van der Waals surface area (Å²) in [4.78, 5) is 52.2. The van der Waals surface area contributed by atoms with Crippen molar-refractivity contribution >= 4 is 72.9 Å². The average molecular weight is 1400 g/mol. The van der Waals surface area contributed by atoms with Crippen LogP contribution in [0, 0.1) is 34.2 Å². The molecule has 19 atom stereocenters. The first-order valence-electron chi connectivity index (χ1n) is 28.3. The summed E-state index contributed by atoms with van der Waals surface area (Å²) >= 11 is 2.82. The summed E-state index contributed by atoms with van der Waals surface area (Å²) in [6.45, 7) is 9.38. The Balaban J connectivity index is 1.03. The lowest BCUT2D eigenvalue weighted by Gasteiger charge is -2.46. The van der Waals surface area contributed by atoms with E-state index in [1.54, 1.807) is 53.1 Å². The van der Waals surface area contributed by atoms with Gasteiger partial charge in [0.25, 0.3) is 0 Å². The second-order valence-electron chi connectivity index (χ2n) is 21.1. The van der Waals surface area contributed by atoms with Crippen LogP contribution in [0.5, 0.6) is 17.2 Å². The molecular formula is C59H75IN4O21S3. The van der Waals surface area contributed by atoms with E-state index in [0.717, 1.165) is 23.9 Å². The summed E-state index contributed by atoms with van der Waals surface area (Å²) in [7, 11) is 9.54. The molecule has 1 aromatic heterocycles. The van der Waals surface area contributed by atoms with Gasteiger partial charge >= 0.3 is 6.09 Å². The number of ketones is 1. The molecule has 5 heterocycles. The van der Waals surface area contributed by atoms with Crippen LogP contribution in [-0.4, -0.2) is 217 Å². The molecular weight excluding hydrogens is 1320 g/mol. The van der Waals surface area contributed by atoms with Gasteiger partial charge in [0, 0.05) is 50.2 Å². The van der Waals surface area contributed by atoms with Gasteiger partial charge in [-0.25, -0.2) is 9.78 Å². The minimum atomic E-state index is -2.10. The summed E-state index contributed by atoms with van der Waals surface area (Å²) < 4.78 is 72.7. The Morgan fingerprint density at radius 3 is 2.32 bits per heavy atom. The number of allylic oxidation sites excluding steroid dienone is 3. The lowest BCUT2D eigenvalue weighted by molar-refractivity contribution is -0.336. The van der Waals surface area contributed by atoms with Crippen LogP contribution in [0.2, 0.25) is 0 Å². The van der Waals surface area contributed by atoms with Crippen molar-refractivity contribution in [3.63, 3.8) is 0 Å². The van der Waals surface area contributed by atoms with Gasteiger partial charge in [-0.05, 0) is 97.5 Å². The summed E-state index contributed by atoms with van der Waals surface area (Å²) in [5.74, 6) is 11.2. The number of benzene rings is 1. The van der Waals surface area contributed by atoms with Crippen LogP contribution >= 0.6 is 55.9 Å². The number of aromatic nitrogens is 1. The molecule has 1 aromatic carbocycles. The number of aliphatic hydroxyl groups excluding tert-OH is 4. The quantitative estimate of drug-likeness (QED) is 0.0275. The van der Waals surface area contributed by atoms with Crippen LogP contribution in [0.25, 0.3) is 0 Å². The third-order valence-electron chi connectivity index (χ3n) is 15.4. The van der Waals surface area contributed by atoms with Gasteiger partial charge in [0.05, 0.1) is 97.0 Å². The summed E-state index contributed by atoms with van der Waals surface area (Å²) in [5, 5.41) is 63.7. The molecule has 88 heavy (non-hydrogen) atoms. The van der Waals surface area contributed by atoms with Gasteiger partial charge in [-0.15, -0.1) is 0 Å². The molecule has 0 saturated carbocycles. The standard InChI is InChI=1S/C59H75IN4O21S3/c1-11-61-33-27-78-39(25-37(33)73-6)83-52-47(68)44(29(3)80-57(52)82-36-18-14-12-13-16-21-59(72)26-35(66)45(63-58(71)77-10)42(36)32(59)20-23-86-88-38-19-15-17-22-62-38)64-85-40-24-34(65)54(31(5)79-40)87-55(70)41-28(2)43(60)50(53(76-9)49(41)74-7)84-56-48(69)51(75-8)46(67)30(4)81-56/h12-13,15,17,19-20,22,29-31,33-34,36-37,39-40,44,46-48,51-52,54,56-57,61,64-65,67-69,72H,11,23-27H2,1-10H3,(H,63,71)/b13-12?,32-20+/t29-,30+,31-,33+,34+,36+,37+,39+,40+,44-,46+,47+,48-,51-,52-,54-,56+,57+,59+/m1/s1. The van der Waals surface area contributed by atoms with Crippen molar-refractivity contribution in [3.8, 4) is 40.9 Å². The van der Waals surface area contributed by atoms with Crippen LogP contribution in [-0.2, 0) is 52.3 Å². The average Bonchev–Trinajstić information content (AvgIpc) is 2.97. The number of hydrogen-bond acceptors (Lipinski definition) is 27. The number of nitrogens with one attached hydrogen (secondary N) is 3. The monoisotopic (exact) mass is 1400 g/mol. The number of aliphatic hydroxyl groups is 5. The largest absolute Gasteiger partial charge is 0.492 e. The third kappa shape index (κ3) is 16.0. The van der Waals surface area contributed by atoms with Crippen molar-refractivity contribution in [1.29, 1.82) is 0 Å². The van der Waals surface area contributed by atoms with Crippen LogP contribution in [0.3, 0.4) is 0 Å². The van der Waals surface area contributed by atoms with Gasteiger partial charge in [0.2, 0.25) is 17.2 Å². The highest BCUT2D eigenvalue weighted by Gasteiger charge is 2.52. The fraction of sp³-hybridized carbons (Fsp3) is 0.593. The molecule has 4 fully saturated rings. The van der Waals surface area contributed by atoms with Crippen molar-refractivity contribution in [2.24, 2.45) is 0 Å². The number of thioether (sulfide) groups is 1. The van der Waals surface area contributed by atoms with E-state index in [0.29, 0.717) is 15.7 Å². The summed E-state index contributed by atoms with van der Waals surface area (Å²) in [6.07, 6.45) is -12.4. The Morgan fingerprint density at radius 2 is 1.64 bits per heavy atom. The number of alkyl carbamates (subject to hydrolysis) is 1. The molecule has 25 nitrogen and oxygen atoms in total. The zero-order chi connectivity index (χ0) is 63.6. The molecule has 29 heteroatoms. The predicted molar refractivity (Wildman–Crippen MR) is 329 cm³/mol. The number of ether oxygens (including phenoxy) is 12. The second kappa shape index (κ2) is 31.9. The second-order valence-corrected chi connectivity index (χ2v) is 25.7. The number of carbonyl (C=O) groups excluding carboxylic acids is 3. The third-order valence-corrected chi connectivity index (χ3v) is 20.2. The van der Waals surface area contributed by atoms with Gasteiger partial charge in [0.15, 0.2) is 41.8 Å². The smallest absolute Gasteiger partial charge is 0.411 e. The van der Waals surface area contributed by atoms with E-state index in [4.69, 9.17) is 61.7 Å². The Labute approximate surface area is 536 Å². The van der Waals surface area contributed by atoms with Crippen molar-refractivity contribution in [3.05, 3.63) is 74.2 Å². The van der Waals surface area contributed by atoms with Crippen molar-refractivity contribution < 1.29 is 102 Å². The minimum Gasteiger partial charge on any atom is -0.492 e. The zero-order valence-corrected chi connectivity index (χ0v) is 54.6. The van der Waals surface area contributed by atoms with E-state index in [2.05, 4.69) is 44.8 Å². The highest BCUT2D eigenvalue weighted by Crippen LogP contribution is 2.49. The van der Waals surface area contributed by atoms with Gasteiger partial charge in [0.1, 0.15) is 41.6 Å². The highest BCUT2D eigenvalue weighted by atomic mass is 127. The van der Waals surface area contributed by atoms with E-state index >= 15 is 0 Å². The number of methoxy groups -OCH3 is 5. The van der Waals surface area contributed by atoms with E-state index in [9.17, 15) is 39.9 Å². The Kier molecular flexibility index (Phi) is 25.3. The number of fused-ring (bicyclic) bond motifs is 2. The molecule has 8 N–H and O–H groups in total. The molecule has 0 unspecified atom stereocenters. The highest BCUT2D eigenvalue weighted by molar-refractivity contribution is 14.1. The molecule has 2 aliphatic carbocycles. The molecule has 1 amide bonds. The maximum absolute atomic E-state index is 14.5. The van der Waals surface area contributed by atoms with Gasteiger partial charge in [-0.3, -0.25) is 19.7 Å². The molecule has 0 radical (unpaired) electrons. The number of Topliss-reactive ketones (excluding diaryl/α,β-unsaturated/α-hetero) is 1. The van der Waals surface area contributed by atoms with Crippen LogP contribution in [0.1, 0.15) is 62.9 Å².